The van der Waals surface area contributed by atoms with Crippen molar-refractivity contribution in [3.63, 3.8) is 0 Å². The van der Waals surface area contributed by atoms with Crippen molar-refractivity contribution in [2.75, 3.05) is 0 Å². The van der Waals surface area contributed by atoms with Crippen molar-refractivity contribution in [3.8, 4) is 10.8 Å². The summed E-state index contributed by atoms with van der Waals surface area (Å²) in [5.74, 6) is 0. The van der Waals surface area contributed by atoms with Gasteiger partial charge in [0.2, 0.25) is 0 Å². The van der Waals surface area contributed by atoms with Gasteiger partial charge in [0, 0.05) is 0 Å². The molecule has 0 aliphatic carbocycles. The fourth-order valence-electron chi connectivity index (χ4n) is 4.63. The summed E-state index contributed by atoms with van der Waals surface area (Å²) in [6.45, 7) is 0. The smallest absolute Gasteiger partial charge is 0.696 e. The summed E-state index contributed by atoms with van der Waals surface area (Å²) >= 11 is 7.40. The maximum atomic E-state index is 7.13. The second-order valence-corrected chi connectivity index (χ2v) is 14.5. The Hall–Kier alpha value is -3.91. The van der Waals surface area contributed by atoms with Crippen molar-refractivity contribution in [2.24, 2.45) is 0 Å². The van der Waals surface area contributed by atoms with Gasteiger partial charge in [0.05, 0.1) is 15.8 Å². The minimum atomic E-state index is -0.877. The Balaban J connectivity index is 0.000000262. The van der Waals surface area contributed by atoms with Gasteiger partial charge in [-0.05, 0) is 72.8 Å². The van der Waals surface area contributed by atoms with E-state index in [0.29, 0.717) is 0 Å². The van der Waals surface area contributed by atoms with Gasteiger partial charge < -0.3 is 25.3 Å². The molecule has 0 saturated carbocycles. The van der Waals surface area contributed by atoms with Crippen LogP contribution in [0.2, 0.25) is 0 Å². The van der Waals surface area contributed by atoms with Crippen LogP contribution in [-0.4, -0.2) is 0 Å². The number of hydrogen-bond acceptors (Lipinski definition) is 4. The monoisotopic (exact) mass is 700 g/mol. The summed E-state index contributed by atoms with van der Waals surface area (Å²) in [5.41, 5.74) is 0. The zero-order valence-corrected chi connectivity index (χ0v) is 29.0. The van der Waals surface area contributed by atoms with Gasteiger partial charge in [-0.1, -0.05) is 120 Å². The first-order valence-corrected chi connectivity index (χ1v) is 17.6. The van der Waals surface area contributed by atoms with E-state index in [-0.39, 0.29) is 16.5 Å². The molecule has 0 atom stereocenters. The summed E-state index contributed by atoms with van der Waals surface area (Å²) in [4.78, 5) is 0. The van der Waals surface area contributed by atoms with E-state index in [0.717, 1.165) is 0 Å². The van der Waals surface area contributed by atoms with Crippen LogP contribution in [0.1, 0.15) is 0 Å². The Morgan fingerprint density at radius 3 is 0.533 bits per heavy atom. The predicted molar refractivity (Wildman–Crippen MR) is 199 cm³/mol. The molecule has 0 unspecified atom stereocenters. The van der Waals surface area contributed by atoms with Gasteiger partial charge in [-0.2, -0.15) is 0 Å². The third-order valence-corrected chi connectivity index (χ3v) is 11.8. The van der Waals surface area contributed by atoms with E-state index in [2.05, 4.69) is 207 Å². The first kappa shape index (κ1) is 37.3. The molecule has 2 nitrogen and oxygen atoms in total. The van der Waals surface area contributed by atoms with Crippen LogP contribution in [0.4, 0.5) is 0 Å². The number of rotatable bonds is 6. The Morgan fingerprint density at radius 2 is 0.422 bits per heavy atom. The van der Waals surface area contributed by atoms with Crippen LogP contribution < -0.4 is 31.8 Å². The van der Waals surface area contributed by atoms with Crippen LogP contribution in [0.25, 0.3) is 0 Å². The van der Waals surface area contributed by atoms with Crippen LogP contribution in [0.15, 0.2) is 182 Å². The number of nitriles is 2. The summed E-state index contributed by atoms with van der Waals surface area (Å²) in [6.07, 6.45) is 0. The van der Waals surface area contributed by atoms with Crippen molar-refractivity contribution >= 4 is 72.9 Å². The summed E-state index contributed by atoms with van der Waals surface area (Å²) in [5, 5.41) is 25.5. The van der Waals surface area contributed by atoms with E-state index >= 15 is 0 Å². The third-order valence-electron chi connectivity index (χ3n) is 6.37. The van der Waals surface area contributed by atoms with Crippen molar-refractivity contribution in [1.29, 1.82) is 10.5 Å². The SMILES string of the molecule is N#C[S-].N#C[S-].[Ni+2].c1ccc([PH+](c2ccccc2)c2ccccc2)cc1.c1ccc([PH+](c2ccccc2)c2ccccc2)cc1. The van der Waals surface area contributed by atoms with Gasteiger partial charge >= 0.3 is 16.5 Å². The number of benzene rings is 6. The predicted octanol–water partition coefficient (Wildman–Crippen LogP) is 6.38. The van der Waals surface area contributed by atoms with Gasteiger partial charge in [-0.15, -0.1) is 0 Å². The second kappa shape index (κ2) is 22.6. The first-order valence-electron chi connectivity index (χ1n) is 13.8. The van der Waals surface area contributed by atoms with Crippen molar-refractivity contribution in [3.05, 3.63) is 182 Å². The topological polar surface area (TPSA) is 47.6 Å². The van der Waals surface area contributed by atoms with E-state index in [9.17, 15) is 0 Å². The van der Waals surface area contributed by atoms with E-state index in [1.54, 1.807) is 0 Å². The maximum absolute atomic E-state index is 7.13. The average molecular weight is 701 g/mol. The normalized spacial score (nSPS) is 9.24. The fraction of sp³-hybridized carbons (Fsp3) is 0. The average Bonchev–Trinajstić information content (AvgIpc) is 3.09. The molecule has 7 heteroatoms. The van der Waals surface area contributed by atoms with Gasteiger partial charge in [0.25, 0.3) is 0 Å². The summed E-state index contributed by atoms with van der Waals surface area (Å²) in [7, 11) is -1.75. The standard InChI is InChI=1S/2C18H15P.2CHNS.Ni/c2*1-4-10-16(11-5-1)19(17-12-6-2-7-13-17)18-14-8-3-9-15-18;2*2-1-3;/h2*1-15H;2*3H;/q;;;;+2. The Labute approximate surface area is 291 Å². The van der Waals surface area contributed by atoms with Gasteiger partial charge in [0.15, 0.2) is 0 Å². The first-order chi connectivity index (χ1) is 21.7. The van der Waals surface area contributed by atoms with E-state index in [1.165, 1.54) is 42.6 Å². The van der Waals surface area contributed by atoms with E-state index in [1.807, 2.05) is 0 Å². The van der Waals surface area contributed by atoms with Crippen molar-refractivity contribution in [1.82, 2.24) is 0 Å². The molecule has 0 heterocycles. The zero-order valence-electron chi connectivity index (χ0n) is 24.3. The van der Waals surface area contributed by atoms with E-state index in [4.69, 9.17) is 10.5 Å². The van der Waals surface area contributed by atoms with Crippen LogP contribution in [-0.2, 0) is 41.7 Å². The molecule has 0 aliphatic rings. The zero-order chi connectivity index (χ0) is 31.2. The molecule has 0 bridgehead atoms. The Bertz CT molecular complexity index is 1370. The number of hydrogen-bond donors (Lipinski definition) is 0. The molecular formula is C38H32N2NiP2S2+2. The van der Waals surface area contributed by atoms with Crippen molar-refractivity contribution in [2.45, 2.75) is 0 Å². The molecule has 0 amide bonds. The molecule has 0 saturated heterocycles. The second-order valence-electron chi connectivity index (χ2n) is 9.13. The molecule has 0 spiro atoms. The summed E-state index contributed by atoms with van der Waals surface area (Å²) in [6, 6.07) is 65.0. The van der Waals surface area contributed by atoms with Gasteiger partial charge in [-0.25, -0.2) is 10.5 Å². The van der Waals surface area contributed by atoms with Gasteiger partial charge in [-0.3, -0.25) is 0 Å². The quantitative estimate of drug-likeness (QED) is 0.0876. The molecule has 6 aromatic carbocycles. The molecule has 0 aromatic heterocycles. The van der Waals surface area contributed by atoms with Crippen molar-refractivity contribution < 1.29 is 16.5 Å². The largest absolute Gasteiger partial charge is 2.00 e. The summed E-state index contributed by atoms with van der Waals surface area (Å²) < 4.78 is 0. The molecule has 0 fully saturated rings. The molecule has 0 aliphatic heterocycles. The molecule has 224 valence electrons. The van der Waals surface area contributed by atoms with Gasteiger partial charge in [0.1, 0.15) is 31.8 Å². The number of thiocyanates is 2. The minimum absolute atomic E-state index is 0. The molecule has 6 rings (SSSR count). The minimum Gasteiger partial charge on any atom is -0.696 e. The van der Waals surface area contributed by atoms with Crippen LogP contribution >= 0.6 is 15.8 Å². The third kappa shape index (κ3) is 12.5. The van der Waals surface area contributed by atoms with Crippen LogP contribution in [0.5, 0.6) is 0 Å². The van der Waals surface area contributed by atoms with Crippen LogP contribution in [0, 0.1) is 21.3 Å². The fourth-order valence-corrected chi connectivity index (χ4v) is 9.78. The molecular weight excluding hydrogens is 669 g/mol. The molecule has 0 radical (unpaired) electrons. The maximum Gasteiger partial charge on any atom is 2.00 e. The Kier molecular flexibility index (Phi) is 18.7. The molecule has 45 heavy (non-hydrogen) atoms. The molecule has 6 aromatic rings. The Morgan fingerprint density at radius 1 is 0.311 bits per heavy atom. The van der Waals surface area contributed by atoms with Crippen LogP contribution in [0.3, 0.4) is 0 Å². The molecule has 0 N–H and O–H groups in total. The number of nitrogens with zero attached hydrogens (tertiary/aromatic N) is 2. The van der Waals surface area contributed by atoms with E-state index < -0.39 is 15.8 Å².